The molecule has 0 saturated heterocycles. The van der Waals surface area contributed by atoms with Crippen molar-refractivity contribution in [1.82, 2.24) is 5.32 Å². The molecule has 1 aliphatic carbocycles. The summed E-state index contributed by atoms with van der Waals surface area (Å²) in [5.74, 6) is 1.01. The molecule has 3 heteroatoms. The van der Waals surface area contributed by atoms with E-state index >= 15 is 0 Å². The molecule has 1 saturated carbocycles. The van der Waals surface area contributed by atoms with Gasteiger partial charge >= 0.3 is 0 Å². The van der Waals surface area contributed by atoms with Crippen molar-refractivity contribution in [2.24, 2.45) is 5.92 Å². The van der Waals surface area contributed by atoms with Crippen molar-refractivity contribution in [2.75, 3.05) is 6.54 Å². The molecule has 1 atom stereocenters. The molecule has 0 amide bonds. The number of thiophene rings is 1. The average molecular weight is 363 g/mol. The van der Waals surface area contributed by atoms with Gasteiger partial charge < -0.3 is 5.32 Å². The molecule has 0 radical (unpaired) electrons. The highest BCUT2D eigenvalue weighted by Gasteiger charge is 2.18. The maximum atomic E-state index is 3.64. The Bertz CT molecular complexity index is 331. The van der Waals surface area contributed by atoms with Gasteiger partial charge in [-0.1, -0.05) is 32.6 Å². The first-order valence-corrected chi connectivity index (χ1v) is 8.72. The second kappa shape index (κ2) is 7.10. The monoisotopic (exact) mass is 363 g/mol. The Hall–Kier alpha value is 0.390. The third-order valence-corrected chi connectivity index (χ3v) is 5.59. The van der Waals surface area contributed by atoms with Gasteiger partial charge in [0.05, 0.1) is 2.88 Å². The zero-order valence-corrected chi connectivity index (χ0v) is 13.5. The Morgan fingerprint density at radius 1 is 1.47 bits per heavy atom. The molecular formula is C14H22INS. The number of rotatable bonds is 6. The van der Waals surface area contributed by atoms with Gasteiger partial charge in [-0.2, -0.15) is 0 Å². The van der Waals surface area contributed by atoms with Gasteiger partial charge in [0.25, 0.3) is 0 Å². The zero-order valence-electron chi connectivity index (χ0n) is 10.5. The second-order valence-corrected chi connectivity index (χ2v) is 7.83. The lowest BCUT2D eigenvalue weighted by Gasteiger charge is -2.19. The maximum absolute atomic E-state index is 3.64. The lowest BCUT2D eigenvalue weighted by atomic mass is 9.96. The van der Waals surface area contributed by atoms with E-state index in [9.17, 15) is 0 Å². The van der Waals surface area contributed by atoms with Crippen molar-refractivity contribution in [1.29, 1.82) is 0 Å². The molecule has 1 aromatic heterocycles. The maximum Gasteiger partial charge on any atom is 0.0656 e. The van der Waals surface area contributed by atoms with Crippen LogP contribution in [0.2, 0.25) is 0 Å². The van der Waals surface area contributed by atoms with Crippen LogP contribution in [0.5, 0.6) is 0 Å². The predicted molar refractivity (Wildman–Crippen MR) is 84.6 cm³/mol. The molecule has 0 spiro atoms. The first-order valence-electron chi connectivity index (χ1n) is 6.77. The highest BCUT2D eigenvalue weighted by molar-refractivity contribution is 14.1. The van der Waals surface area contributed by atoms with Gasteiger partial charge in [0.2, 0.25) is 0 Å². The van der Waals surface area contributed by atoms with E-state index in [-0.39, 0.29) is 0 Å². The van der Waals surface area contributed by atoms with Crippen LogP contribution in [0.25, 0.3) is 0 Å². The van der Waals surface area contributed by atoms with Crippen molar-refractivity contribution in [3.8, 4) is 0 Å². The number of nitrogens with one attached hydrogen (secondary N) is 1. The molecule has 17 heavy (non-hydrogen) atoms. The SMILES string of the molecule is CCNC(CCC1CCCC1)c1csc(I)c1. The lowest BCUT2D eigenvalue weighted by Crippen LogP contribution is -2.21. The summed E-state index contributed by atoms with van der Waals surface area (Å²) < 4.78 is 1.40. The van der Waals surface area contributed by atoms with Crippen LogP contribution in [-0.4, -0.2) is 6.54 Å². The predicted octanol–water partition coefficient (Wildman–Crippen LogP) is 4.97. The minimum absolute atomic E-state index is 0.584. The van der Waals surface area contributed by atoms with E-state index in [1.165, 1.54) is 47.0 Å². The minimum Gasteiger partial charge on any atom is -0.310 e. The van der Waals surface area contributed by atoms with Gasteiger partial charge in [-0.25, -0.2) is 0 Å². The van der Waals surface area contributed by atoms with Crippen molar-refractivity contribution >= 4 is 33.9 Å². The van der Waals surface area contributed by atoms with Crippen LogP contribution in [0.3, 0.4) is 0 Å². The van der Waals surface area contributed by atoms with Gasteiger partial charge in [-0.15, -0.1) is 11.3 Å². The fourth-order valence-electron chi connectivity index (χ4n) is 2.84. The van der Waals surface area contributed by atoms with Gasteiger partial charge in [-0.05, 0) is 64.9 Å². The summed E-state index contributed by atoms with van der Waals surface area (Å²) in [6.45, 7) is 3.28. The van der Waals surface area contributed by atoms with Gasteiger partial charge in [0.15, 0.2) is 0 Å². The van der Waals surface area contributed by atoms with Crippen molar-refractivity contribution in [3.63, 3.8) is 0 Å². The largest absolute Gasteiger partial charge is 0.310 e. The molecule has 96 valence electrons. The van der Waals surface area contributed by atoms with Crippen LogP contribution in [0, 0.1) is 8.80 Å². The molecule has 1 aliphatic rings. The molecule has 1 aromatic rings. The molecule has 1 N–H and O–H groups in total. The third kappa shape index (κ3) is 4.21. The molecule has 2 rings (SSSR count). The first kappa shape index (κ1) is 13.8. The van der Waals surface area contributed by atoms with E-state index in [4.69, 9.17) is 0 Å². The van der Waals surface area contributed by atoms with Crippen LogP contribution in [0.15, 0.2) is 11.4 Å². The molecule has 1 heterocycles. The average Bonchev–Trinajstić information content (AvgIpc) is 2.95. The summed E-state index contributed by atoms with van der Waals surface area (Å²) in [4.78, 5) is 0. The number of hydrogen-bond acceptors (Lipinski definition) is 2. The van der Waals surface area contributed by atoms with E-state index in [0.717, 1.165) is 12.5 Å². The highest BCUT2D eigenvalue weighted by atomic mass is 127. The molecule has 1 nitrogen and oxygen atoms in total. The van der Waals surface area contributed by atoms with Gasteiger partial charge in [0, 0.05) is 6.04 Å². The Kier molecular flexibility index (Phi) is 5.77. The Balaban J connectivity index is 1.87. The summed E-state index contributed by atoms with van der Waals surface area (Å²) in [6.07, 6.45) is 8.59. The standard InChI is InChI=1S/C14H22INS/c1-2-16-13(12-9-14(15)17-10-12)8-7-11-5-3-4-6-11/h9-11,13,16H,2-8H2,1H3. The smallest absolute Gasteiger partial charge is 0.0656 e. The summed E-state index contributed by atoms with van der Waals surface area (Å²) in [5, 5.41) is 5.96. The quantitative estimate of drug-likeness (QED) is 0.704. The van der Waals surface area contributed by atoms with E-state index < -0.39 is 0 Å². The zero-order chi connectivity index (χ0) is 12.1. The molecule has 1 unspecified atom stereocenters. The Labute approximate surface area is 123 Å². The van der Waals surface area contributed by atoms with Crippen molar-refractivity contribution in [2.45, 2.75) is 51.5 Å². The number of halogens is 1. The molecule has 0 bridgehead atoms. The molecular weight excluding hydrogens is 341 g/mol. The molecule has 0 aliphatic heterocycles. The normalized spacial score (nSPS) is 18.7. The van der Waals surface area contributed by atoms with Crippen LogP contribution in [0.4, 0.5) is 0 Å². The van der Waals surface area contributed by atoms with E-state index in [1.807, 2.05) is 11.3 Å². The van der Waals surface area contributed by atoms with E-state index in [0.29, 0.717) is 6.04 Å². The third-order valence-electron chi connectivity index (χ3n) is 3.78. The van der Waals surface area contributed by atoms with Crippen LogP contribution >= 0.6 is 33.9 Å². The summed E-state index contributed by atoms with van der Waals surface area (Å²) in [7, 11) is 0. The Morgan fingerprint density at radius 2 is 2.24 bits per heavy atom. The van der Waals surface area contributed by atoms with Gasteiger partial charge in [-0.3, -0.25) is 0 Å². The summed E-state index contributed by atoms with van der Waals surface area (Å²) in [6, 6.07) is 2.92. The lowest BCUT2D eigenvalue weighted by molar-refractivity contribution is 0.417. The minimum atomic E-state index is 0.584. The van der Waals surface area contributed by atoms with Gasteiger partial charge in [0.1, 0.15) is 0 Å². The fourth-order valence-corrected chi connectivity index (χ4v) is 4.27. The molecule has 0 aromatic carbocycles. The van der Waals surface area contributed by atoms with Crippen LogP contribution in [0.1, 0.15) is 57.1 Å². The second-order valence-electron chi connectivity index (χ2n) is 5.02. The highest BCUT2D eigenvalue weighted by Crippen LogP contribution is 2.32. The summed E-state index contributed by atoms with van der Waals surface area (Å²) >= 11 is 4.28. The summed E-state index contributed by atoms with van der Waals surface area (Å²) in [5.41, 5.74) is 1.50. The fraction of sp³-hybridized carbons (Fsp3) is 0.714. The topological polar surface area (TPSA) is 12.0 Å². The van der Waals surface area contributed by atoms with Crippen molar-refractivity contribution in [3.05, 3.63) is 19.9 Å². The molecule has 1 fully saturated rings. The first-order chi connectivity index (χ1) is 8.29. The van der Waals surface area contributed by atoms with Crippen molar-refractivity contribution < 1.29 is 0 Å². The van der Waals surface area contributed by atoms with Crippen LogP contribution in [-0.2, 0) is 0 Å². The van der Waals surface area contributed by atoms with E-state index in [1.54, 1.807) is 0 Å². The van der Waals surface area contributed by atoms with Crippen LogP contribution < -0.4 is 5.32 Å². The Morgan fingerprint density at radius 3 is 2.82 bits per heavy atom. The number of hydrogen-bond donors (Lipinski definition) is 1. The van der Waals surface area contributed by atoms with E-state index in [2.05, 4.69) is 46.3 Å².